The fraction of sp³-hybridized carbons (Fsp3) is 0.526. The average molecular weight is 364 g/mol. The van der Waals surface area contributed by atoms with Crippen LogP contribution in [0.2, 0.25) is 0 Å². The van der Waals surface area contributed by atoms with Crippen LogP contribution in [-0.2, 0) is 20.8 Å². The summed E-state index contributed by atoms with van der Waals surface area (Å²) in [5.41, 5.74) is 11.5. The van der Waals surface area contributed by atoms with Crippen LogP contribution < -0.4 is 20.9 Å². The van der Waals surface area contributed by atoms with Gasteiger partial charge in [-0.25, -0.2) is 0 Å². The van der Waals surface area contributed by atoms with E-state index in [2.05, 4.69) is 0 Å². The van der Waals surface area contributed by atoms with Crippen molar-refractivity contribution < 1.29 is 23.9 Å². The third kappa shape index (κ3) is 7.65. The lowest BCUT2D eigenvalue weighted by molar-refractivity contribution is -0.138. The van der Waals surface area contributed by atoms with E-state index in [1.165, 1.54) is 6.07 Å². The standard InChI is InChI=1S/C19H28N2O5/c1-11(2)7-17(22)25-15-6-5-13(9-14(20)19(21)24)10-16(15)26-18(23)8-12(3)4/h5-6,10-12,14H,7-9,20H2,1-4H3,(H2,21,24)/t14-/m0/s1. The highest BCUT2D eigenvalue weighted by molar-refractivity contribution is 5.80. The van der Waals surface area contributed by atoms with E-state index in [4.69, 9.17) is 20.9 Å². The number of nitrogens with two attached hydrogens (primary N) is 2. The van der Waals surface area contributed by atoms with Crippen LogP contribution in [0.25, 0.3) is 0 Å². The van der Waals surface area contributed by atoms with E-state index in [9.17, 15) is 14.4 Å². The maximum absolute atomic E-state index is 12.0. The van der Waals surface area contributed by atoms with Gasteiger partial charge in [0, 0.05) is 12.8 Å². The molecule has 1 amide bonds. The van der Waals surface area contributed by atoms with Crippen LogP contribution in [-0.4, -0.2) is 23.9 Å². The van der Waals surface area contributed by atoms with Gasteiger partial charge in [-0.3, -0.25) is 14.4 Å². The Balaban J connectivity index is 3.04. The zero-order chi connectivity index (χ0) is 19.9. The first-order chi connectivity index (χ1) is 12.1. The van der Waals surface area contributed by atoms with Crippen molar-refractivity contribution in [2.75, 3.05) is 0 Å². The van der Waals surface area contributed by atoms with Gasteiger partial charge in [-0.15, -0.1) is 0 Å². The summed E-state index contributed by atoms with van der Waals surface area (Å²) < 4.78 is 10.7. The lowest BCUT2D eigenvalue weighted by atomic mass is 10.1. The lowest BCUT2D eigenvalue weighted by Gasteiger charge is -2.14. The third-order valence-electron chi connectivity index (χ3n) is 3.43. The van der Waals surface area contributed by atoms with Gasteiger partial charge in [0.25, 0.3) is 0 Å². The minimum absolute atomic E-state index is 0.126. The van der Waals surface area contributed by atoms with Crippen molar-refractivity contribution >= 4 is 17.8 Å². The lowest BCUT2D eigenvalue weighted by Crippen LogP contribution is -2.38. The summed E-state index contributed by atoms with van der Waals surface area (Å²) in [5, 5.41) is 0. The Morgan fingerprint density at radius 3 is 1.88 bits per heavy atom. The van der Waals surface area contributed by atoms with Gasteiger partial charge in [0.2, 0.25) is 5.91 Å². The topological polar surface area (TPSA) is 122 Å². The van der Waals surface area contributed by atoms with Crippen molar-refractivity contribution in [2.45, 2.75) is 53.0 Å². The number of amides is 1. The Kier molecular flexibility index (Phi) is 8.25. The molecule has 1 rings (SSSR count). The Morgan fingerprint density at radius 2 is 1.42 bits per heavy atom. The fourth-order valence-corrected chi connectivity index (χ4v) is 2.19. The molecule has 7 heteroatoms. The number of rotatable bonds is 9. The van der Waals surface area contributed by atoms with Gasteiger partial charge in [-0.1, -0.05) is 33.8 Å². The van der Waals surface area contributed by atoms with Crippen molar-refractivity contribution in [1.29, 1.82) is 0 Å². The van der Waals surface area contributed by atoms with E-state index in [1.54, 1.807) is 12.1 Å². The molecule has 1 aromatic carbocycles. The van der Waals surface area contributed by atoms with Gasteiger partial charge >= 0.3 is 11.9 Å². The molecule has 4 N–H and O–H groups in total. The van der Waals surface area contributed by atoms with E-state index in [0.29, 0.717) is 5.56 Å². The smallest absolute Gasteiger partial charge is 0.311 e. The minimum Gasteiger partial charge on any atom is -0.423 e. The number of hydrogen-bond donors (Lipinski definition) is 2. The zero-order valence-electron chi connectivity index (χ0n) is 15.8. The van der Waals surface area contributed by atoms with Crippen LogP contribution >= 0.6 is 0 Å². The molecule has 0 saturated heterocycles. The van der Waals surface area contributed by atoms with Gasteiger partial charge in [-0.2, -0.15) is 0 Å². The first kappa shape index (κ1) is 21.6. The monoisotopic (exact) mass is 364 g/mol. The Morgan fingerprint density at radius 1 is 0.923 bits per heavy atom. The number of carbonyl (C=O) groups is 3. The molecule has 0 saturated carbocycles. The van der Waals surface area contributed by atoms with Crippen LogP contribution in [0.4, 0.5) is 0 Å². The van der Waals surface area contributed by atoms with E-state index in [1.807, 2.05) is 27.7 Å². The summed E-state index contributed by atoms with van der Waals surface area (Å²) in [5.74, 6) is -0.926. The SMILES string of the molecule is CC(C)CC(=O)Oc1ccc(C[C@H](N)C(N)=O)cc1OC(=O)CC(C)C. The van der Waals surface area contributed by atoms with E-state index in [-0.39, 0.29) is 42.6 Å². The summed E-state index contributed by atoms with van der Waals surface area (Å²) in [6.45, 7) is 7.60. The number of carbonyl (C=O) groups excluding carboxylic acids is 3. The largest absolute Gasteiger partial charge is 0.423 e. The average Bonchev–Trinajstić information content (AvgIpc) is 2.47. The second-order valence-electron chi connectivity index (χ2n) is 7.14. The van der Waals surface area contributed by atoms with Gasteiger partial charge < -0.3 is 20.9 Å². The molecule has 1 atom stereocenters. The van der Waals surface area contributed by atoms with Crippen molar-refractivity contribution in [2.24, 2.45) is 23.3 Å². The highest BCUT2D eigenvalue weighted by atomic mass is 16.6. The van der Waals surface area contributed by atoms with Crippen molar-refractivity contribution in [3.63, 3.8) is 0 Å². The van der Waals surface area contributed by atoms with E-state index < -0.39 is 23.9 Å². The molecule has 0 spiro atoms. The number of hydrogen-bond acceptors (Lipinski definition) is 6. The quantitative estimate of drug-likeness (QED) is 0.510. The molecule has 1 aromatic rings. The molecular formula is C19H28N2O5. The number of esters is 2. The summed E-state index contributed by atoms with van der Waals surface area (Å²) in [6, 6.07) is 3.86. The Bertz CT molecular complexity index is 655. The molecule has 0 radical (unpaired) electrons. The molecule has 0 aliphatic heterocycles. The van der Waals surface area contributed by atoms with Crippen molar-refractivity contribution in [3.05, 3.63) is 23.8 Å². The molecule has 0 heterocycles. The van der Waals surface area contributed by atoms with Crippen molar-refractivity contribution in [1.82, 2.24) is 0 Å². The Hall–Kier alpha value is -2.41. The third-order valence-corrected chi connectivity index (χ3v) is 3.43. The summed E-state index contributed by atoms with van der Waals surface area (Å²) in [6.07, 6.45) is 0.655. The van der Waals surface area contributed by atoms with Crippen LogP contribution in [0.15, 0.2) is 18.2 Å². The molecule has 0 fully saturated rings. The van der Waals surface area contributed by atoms with Crippen LogP contribution in [0.5, 0.6) is 11.5 Å². The number of primary amides is 1. The number of ether oxygens (including phenoxy) is 2. The molecule has 0 aromatic heterocycles. The second-order valence-corrected chi connectivity index (χ2v) is 7.14. The second kappa shape index (κ2) is 9.91. The van der Waals surface area contributed by atoms with Crippen molar-refractivity contribution in [3.8, 4) is 11.5 Å². The minimum atomic E-state index is -0.858. The van der Waals surface area contributed by atoms with Gasteiger partial charge in [0.05, 0.1) is 6.04 Å². The predicted molar refractivity (Wildman–Crippen MR) is 97.5 cm³/mol. The highest BCUT2D eigenvalue weighted by Crippen LogP contribution is 2.30. The predicted octanol–water partition coefficient (Wildman–Crippen LogP) is 1.94. The first-order valence-corrected chi connectivity index (χ1v) is 8.67. The maximum atomic E-state index is 12.0. The summed E-state index contributed by atoms with van der Waals surface area (Å²) in [7, 11) is 0. The normalized spacial score (nSPS) is 12.1. The molecule has 0 aliphatic carbocycles. The van der Waals surface area contributed by atoms with Gasteiger partial charge in [0.15, 0.2) is 11.5 Å². The van der Waals surface area contributed by atoms with E-state index >= 15 is 0 Å². The maximum Gasteiger partial charge on any atom is 0.311 e. The Labute approximate surface area is 154 Å². The van der Waals surface area contributed by atoms with E-state index in [0.717, 1.165) is 0 Å². The molecular weight excluding hydrogens is 336 g/mol. The summed E-state index contributed by atoms with van der Waals surface area (Å²) in [4.78, 5) is 35.1. The highest BCUT2D eigenvalue weighted by Gasteiger charge is 2.18. The molecule has 0 unspecified atom stereocenters. The van der Waals surface area contributed by atoms with Crippen LogP contribution in [0.3, 0.4) is 0 Å². The van der Waals surface area contributed by atoms with Crippen LogP contribution in [0.1, 0.15) is 46.1 Å². The number of benzene rings is 1. The fourth-order valence-electron chi connectivity index (χ4n) is 2.19. The molecule has 26 heavy (non-hydrogen) atoms. The molecule has 7 nitrogen and oxygen atoms in total. The van der Waals surface area contributed by atoms with Gasteiger partial charge in [0.1, 0.15) is 0 Å². The molecule has 144 valence electrons. The first-order valence-electron chi connectivity index (χ1n) is 8.67. The zero-order valence-corrected chi connectivity index (χ0v) is 15.8. The van der Waals surface area contributed by atoms with Crippen LogP contribution in [0, 0.1) is 11.8 Å². The molecule has 0 bridgehead atoms. The summed E-state index contributed by atoms with van der Waals surface area (Å²) >= 11 is 0. The van der Waals surface area contributed by atoms with Gasteiger partial charge in [-0.05, 0) is 36.0 Å². The molecule has 0 aliphatic rings.